The van der Waals surface area contributed by atoms with Gasteiger partial charge in [-0.05, 0) is 19.0 Å². The van der Waals surface area contributed by atoms with Gasteiger partial charge in [0.15, 0.2) is 0 Å². The van der Waals surface area contributed by atoms with Crippen LogP contribution in [0.5, 0.6) is 11.5 Å². The molecule has 1 atom stereocenters. The van der Waals surface area contributed by atoms with Crippen molar-refractivity contribution < 1.29 is 14.6 Å². The van der Waals surface area contributed by atoms with Gasteiger partial charge in [0.25, 0.3) is 0 Å². The first-order valence-corrected chi connectivity index (χ1v) is 5.80. The SMILES string of the molecule is COc1ccc(C2(CO)CCNC2)c(OC)c1. The molecule has 0 bridgehead atoms. The van der Waals surface area contributed by atoms with Crippen LogP contribution in [0.2, 0.25) is 0 Å². The number of methoxy groups -OCH3 is 2. The fourth-order valence-electron chi connectivity index (χ4n) is 2.43. The minimum atomic E-state index is -0.225. The van der Waals surface area contributed by atoms with Crippen molar-refractivity contribution in [2.24, 2.45) is 0 Å². The van der Waals surface area contributed by atoms with Gasteiger partial charge in [-0.2, -0.15) is 0 Å². The minimum absolute atomic E-state index is 0.128. The lowest BCUT2D eigenvalue weighted by atomic mass is 9.80. The van der Waals surface area contributed by atoms with Gasteiger partial charge in [0.1, 0.15) is 11.5 Å². The zero-order chi connectivity index (χ0) is 12.3. The second kappa shape index (κ2) is 4.94. The van der Waals surface area contributed by atoms with E-state index in [1.54, 1.807) is 14.2 Å². The van der Waals surface area contributed by atoms with Crippen molar-refractivity contribution in [2.75, 3.05) is 33.9 Å². The number of hydrogen-bond donors (Lipinski definition) is 2. The Morgan fingerprint density at radius 1 is 1.35 bits per heavy atom. The Balaban J connectivity index is 2.42. The smallest absolute Gasteiger partial charge is 0.126 e. The number of rotatable bonds is 4. The number of nitrogens with one attached hydrogen (secondary N) is 1. The van der Waals surface area contributed by atoms with Crippen LogP contribution in [0.25, 0.3) is 0 Å². The predicted octanol–water partition coefficient (Wildman–Crippen LogP) is 0.927. The highest BCUT2D eigenvalue weighted by molar-refractivity contribution is 5.46. The lowest BCUT2D eigenvalue weighted by molar-refractivity contribution is 0.201. The highest BCUT2D eigenvalue weighted by Crippen LogP contribution is 2.38. The summed E-state index contributed by atoms with van der Waals surface area (Å²) in [6.45, 7) is 1.84. The van der Waals surface area contributed by atoms with E-state index in [0.717, 1.165) is 36.6 Å². The molecule has 1 fully saturated rings. The van der Waals surface area contributed by atoms with E-state index in [1.807, 2.05) is 18.2 Å². The fourth-order valence-corrected chi connectivity index (χ4v) is 2.43. The fraction of sp³-hybridized carbons (Fsp3) is 0.538. The maximum absolute atomic E-state index is 9.69. The third-order valence-corrected chi connectivity index (χ3v) is 3.53. The average molecular weight is 237 g/mol. The molecule has 1 aliphatic heterocycles. The normalized spacial score (nSPS) is 23.7. The van der Waals surface area contributed by atoms with Crippen molar-refractivity contribution in [3.63, 3.8) is 0 Å². The van der Waals surface area contributed by atoms with Crippen LogP contribution in [0.1, 0.15) is 12.0 Å². The highest BCUT2D eigenvalue weighted by Gasteiger charge is 2.37. The van der Waals surface area contributed by atoms with Gasteiger partial charge in [-0.1, -0.05) is 6.07 Å². The molecular formula is C13H19NO3. The van der Waals surface area contributed by atoms with Gasteiger partial charge in [-0.15, -0.1) is 0 Å². The van der Waals surface area contributed by atoms with Crippen molar-refractivity contribution >= 4 is 0 Å². The van der Waals surface area contributed by atoms with Crippen LogP contribution in [0.15, 0.2) is 18.2 Å². The molecule has 2 N–H and O–H groups in total. The van der Waals surface area contributed by atoms with Gasteiger partial charge in [0.2, 0.25) is 0 Å². The summed E-state index contributed by atoms with van der Waals surface area (Å²) < 4.78 is 10.6. The quantitative estimate of drug-likeness (QED) is 0.818. The Morgan fingerprint density at radius 2 is 2.18 bits per heavy atom. The largest absolute Gasteiger partial charge is 0.497 e. The summed E-state index contributed by atoms with van der Waals surface area (Å²) in [4.78, 5) is 0. The lowest BCUT2D eigenvalue weighted by Gasteiger charge is -2.28. The van der Waals surface area contributed by atoms with Gasteiger partial charge in [-0.25, -0.2) is 0 Å². The van der Waals surface area contributed by atoms with E-state index in [2.05, 4.69) is 5.32 Å². The summed E-state index contributed by atoms with van der Waals surface area (Å²) in [5, 5.41) is 13.0. The molecule has 1 heterocycles. The number of aliphatic hydroxyl groups is 1. The molecule has 1 aromatic carbocycles. The third kappa shape index (κ3) is 2.10. The summed E-state index contributed by atoms with van der Waals surface area (Å²) in [5.74, 6) is 1.55. The highest BCUT2D eigenvalue weighted by atomic mass is 16.5. The van der Waals surface area contributed by atoms with Gasteiger partial charge in [0.05, 0.1) is 20.8 Å². The van der Waals surface area contributed by atoms with E-state index in [0.29, 0.717) is 0 Å². The molecule has 1 saturated heterocycles. The van der Waals surface area contributed by atoms with Crippen LogP contribution in [-0.4, -0.2) is 39.0 Å². The maximum Gasteiger partial charge on any atom is 0.126 e. The van der Waals surface area contributed by atoms with Crippen molar-refractivity contribution in [3.8, 4) is 11.5 Å². The van der Waals surface area contributed by atoms with E-state index in [-0.39, 0.29) is 12.0 Å². The van der Waals surface area contributed by atoms with Crippen molar-refractivity contribution in [1.29, 1.82) is 0 Å². The molecule has 1 unspecified atom stereocenters. The van der Waals surface area contributed by atoms with E-state index in [4.69, 9.17) is 9.47 Å². The minimum Gasteiger partial charge on any atom is -0.497 e. The summed E-state index contributed by atoms with van der Waals surface area (Å²) in [6.07, 6.45) is 0.923. The molecule has 0 amide bonds. The Bertz CT molecular complexity index is 386. The summed E-state index contributed by atoms with van der Waals surface area (Å²) in [6, 6.07) is 5.76. The van der Waals surface area contributed by atoms with Crippen molar-refractivity contribution in [2.45, 2.75) is 11.8 Å². The van der Waals surface area contributed by atoms with Crippen LogP contribution in [-0.2, 0) is 5.41 Å². The maximum atomic E-state index is 9.69. The van der Waals surface area contributed by atoms with Crippen LogP contribution in [0, 0.1) is 0 Å². The third-order valence-electron chi connectivity index (χ3n) is 3.53. The van der Waals surface area contributed by atoms with Gasteiger partial charge in [0, 0.05) is 23.6 Å². The first-order valence-electron chi connectivity index (χ1n) is 5.80. The van der Waals surface area contributed by atoms with Crippen molar-refractivity contribution in [1.82, 2.24) is 5.32 Å². The summed E-state index contributed by atoms with van der Waals surface area (Å²) >= 11 is 0. The zero-order valence-electron chi connectivity index (χ0n) is 10.3. The number of benzene rings is 1. The molecule has 4 nitrogen and oxygen atoms in total. The molecule has 0 aromatic heterocycles. The van der Waals surface area contributed by atoms with E-state index >= 15 is 0 Å². The number of ether oxygens (including phenoxy) is 2. The lowest BCUT2D eigenvalue weighted by Crippen LogP contribution is -2.33. The van der Waals surface area contributed by atoms with Gasteiger partial charge < -0.3 is 19.9 Å². The molecule has 17 heavy (non-hydrogen) atoms. The second-order valence-electron chi connectivity index (χ2n) is 4.43. The molecule has 0 saturated carbocycles. The monoisotopic (exact) mass is 237 g/mol. The van der Waals surface area contributed by atoms with Crippen molar-refractivity contribution in [3.05, 3.63) is 23.8 Å². The molecule has 1 aromatic rings. The van der Waals surface area contributed by atoms with E-state index in [9.17, 15) is 5.11 Å². The topological polar surface area (TPSA) is 50.7 Å². The van der Waals surface area contributed by atoms with Crippen LogP contribution >= 0.6 is 0 Å². The number of aliphatic hydroxyl groups excluding tert-OH is 1. The van der Waals surface area contributed by atoms with Gasteiger partial charge >= 0.3 is 0 Å². The zero-order valence-corrected chi connectivity index (χ0v) is 10.3. The molecule has 1 aliphatic rings. The first kappa shape index (κ1) is 12.2. The Kier molecular flexibility index (Phi) is 3.54. The standard InChI is InChI=1S/C13H19NO3/c1-16-10-3-4-11(12(7-10)17-2)13(9-15)5-6-14-8-13/h3-4,7,14-15H,5-6,8-9H2,1-2H3. The second-order valence-corrected chi connectivity index (χ2v) is 4.43. The summed E-state index contributed by atoms with van der Waals surface area (Å²) in [7, 11) is 3.28. The molecule has 0 radical (unpaired) electrons. The number of hydrogen-bond acceptors (Lipinski definition) is 4. The van der Waals surface area contributed by atoms with Crippen LogP contribution < -0.4 is 14.8 Å². The molecule has 94 valence electrons. The Labute approximate surface area is 102 Å². The molecule has 2 rings (SSSR count). The molecule has 4 heteroatoms. The van der Waals surface area contributed by atoms with Gasteiger partial charge in [-0.3, -0.25) is 0 Å². The Morgan fingerprint density at radius 3 is 2.71 bits per heavy atom. The molecule has 0 aliphatic carbocycles. The first-order chi connectivity index (χ1) is 8.25. The average Bonchev–Trinajstić information content (AvgIpc) is 2.87. The Hall–Kier alpha value is -1.26. The predicted molar refractivity (Wildman–Crippen MR) is 65.8 cm³/mol. The summed E-state index contributed by atoms with van der Waals surface area (Å²) in [5.41, 5.74) is 0.825. The van der Waals surface area contributed by atoms with Crippen LogP contribution in [0.3, 0.4) is 0 Å². The van der Waals surface area contributed by atoms with E-state index < -0.39 is 0 Å². The van der Waals surface area contributed by atoms with Crippen LogP contribution in [0.4, 0.5) is 0 Å². The molecular weight excluding hydrogens is 218 g/mol. The molecule has 0 spiro atoms. The van der Waals surface area contributed by atoms with E-state index in [1.165, 1.54) is 0 Å².